The molecule has 1 aromatic rings. The Bertz CT molecular complexity index is 369. The molecule has 1 saturated carbocycles. The van der Waals surface area contributed by atoms with Gasteiger partial charge in [0.25, 0.3) is 0 Å². The summed E-state index contributed by atoms with van der Waals surface area (Å²) in [5.41, 5.74) is 1.34. The Hall–Kier alpha value is -0.530. The summed E-state index contributed by atoms with van der Waals surface area (Å²) < 4.78 is 0. The molecular weight excluding hydrogens is 242 g/mol. The molecule has 0 bridgehead atoms. The minimum Gasteiger partial charge on any atom is -0.313 e. The van der Waals surface area contributed by atoms with Crippen LogP contribution in [0.25, 0.3) is 0 Å². The number of benzene rings is 1. The van der Waals surface area contributed by atoms with E-state index in [4.69, 9.17) is 11.6 Å². The van der Waals surface area contributed by atoms with Gasteiger partial charge in [0, 0.05) is 11.1 Å². The van der Waals surface area contributed by atoms with E-state index in [-0.39, 0.29) is 0 Å². The van der Waals surface area contributed by atoms with Gasteiger partial charge in [-0.3, -0.25) is 0 Å². The first-order valence-corrected chi connectivity index (χ1v) is 7.55. The molecule has 0 aliphatic heterocycles. The highest BCUT2D eigenvalue weighted by molar-refractivity contribution is 6.30. The lowest BCUT2D eigenvalue weighted by Gasteiger charge is -2.33. The maximum Gasteiger partial charge on any atom is 0.0409 e. The molecule has 0 amide bonds. The van der Waals surface area contributed by atoms with E-state index in [0.29, 0.717) is 6.04 Å². The van der Waals surface area contributed by atoms with E-state index in [1.165, 1.54) is 37.7 Å². The third-order valence-corrected chi connectivity index (χ3v) is 4.69. The summed E-state index contributed by atoms with van der Waals surface area (Å²) in [6.45, 7) is 2.32. The molecule has 1 atom stereocenters. The van der Waals surface area contributed by atoms with Crippen molar-refractivity contribution in [1.82, 2.24) is 5.32 Å². The fourth-order valence-corrected chi connectivity index (χ4v) is 3.50. The van der Waals surface area contributed by atoms with E-state index in [0.717, 1.165) is 16.9 Å². The third-order valence-electron chi connectivity index (χ3n) is 4.46. The largest absolute Gasteiger partial charge is 0.313 e. The van der Waals surface area contributed by atoms with E-state index in [1.807, 2.05) is 6.07 Å². The van der Waals surface area contributed by atoms with Crippen molar-refractivity contribution in [3.63, 3.8) is 0 Å². The highest BCUT2D eigenvalue weighted by atomic mass is 35.5. The molecule has 1 N–H and O–H groups in total. The van der Waals surface area contributed by atoms with Gasteiger partial charge in [-0.05, 0) is 49.4 Å². The van der Waals surface area contributed by atoms with Crippen LogP contribution in [0.2, 0.25) is 5.02 Å². The second kappa shape index (κ2) is 6.58. The lowest BCUT2D eigenvalue weighted by molar-refractivity contribution is 0.224. The van der Waals surface area contributed by atoms with Crippen LogP contribution >= 0.6 is 11.6 Å². The molecule has 1 aliphatic rings. The molecule has 0 spiro atoms. The fourth-order valence-electron chi connectivity index (χ4n) is 3.30. The molecule has 1 unspecified atom stereocenters. The van der Waals surface area contributed by atoms with Crippen molar-refractivity contribution in [3.05, 3.63) is 34.9 Å². The van der Waals surface area contributed by atoms with Gasteiger partial charge in [0.2, 0.25) is 0 Å². The minimum atomic E-state index is 0.460. The van der Waals surface area contributed by atoms with E-state index in [1.54, 1.807) is 0 Å². The van der Waals surface area contributed by atoms with Crippen LogP contribution in [0.1, 0.15) is 50.6 Å². The van der Waals surface area contributed by atoms with Gasteiger partial charge < -0.3 is 5.32 Å². The van der Waals surface area contributed by atoms with Gasteiger partial charge in [0.05, 0.1) is 0 Å². The van der Waals surface area contributed by atoms with Crippen molar-refractivity contribution in [2.75, 3.05) is 7.05 Å². The van der Waals surface area contributed by atoms with Gasteiger partial charge >= 0.3 is 0 Å². The predicted octanol–water partition coefficient (Wildman–Crippen LogP) is 4.82. The Balaban J connectivity index is 2.05. The Kier molecular flexibility index (Phi) is 5.08. The SMILES string of the molecule is CCC1CCC(C(NC)c2cccc(Cl)c2)CC1. The summed E-state index contributed by atoms with van der Waals surface area (Å²) >= 11 is 6.10. The first-order valence-electron chi connectivity index (χ1n) is 7.17. The molecule has 0 heterocycles. The summed E-state index contributed by atoms with van der Waals surface area (Å²) in [6, 6.07) is 8.76. The van der Waals surface area contributed by atoms with E-state index >= 15 is 0 Å². The van der Waals surface area contributed by atoms with Crippen molar-refractivity contribution < 1.29 is 0 Å². The standard InChI is InChI=1S/C16H24ClN/c1-3-12-7-9-13(10-8-12)16(18-2)14-5-4-6-15(17)11-14/h4-6,11-13,16,18H,3,7-10H2,1-2H3. The van der Waals surface area contributed by atoms with Crippen LogP contribution < -0.4 is 5.32 Å². The number of nitrogens with one attached hydrogen (secondary N) is 1. The maximum absolute atomic E-state index is 6.10. The average Bonchev–Trinajstić information content (AvgIpc) is 2.40. The van der Waals surface area contributed by atoms with Gasteiger partial charge in [0.15, 0.2) is 0 Å². The quantitative estimate of drug-likeness (QED) is 0.823. The Morgan fingerprint density at radius 3 is 2.56 bits per heavy atom. The average molecular weight is 266 g/mol. The second-order valence-electron chi connectivity index (χ2n) is 5.51. The summed E-state index contributed by atoms with van der Waals surface area (Å²) in [4.78, 5) is 0. The van der Waals surface area contributed by atoms with Gasteiger partial charge in [0.1, 0.15) is 0 Å². The molecule has 2 rings (SSSR count). The maximum atomic E-state index is 6.10. The van der Waals surface area contributed by atoms with Crippen molar-refractivity contribution in [2.24, 2.45) is 11.8 Å². The Morgan fingerprint density at radius 1 is 1.28 bits per heavy atom. The molecule has 1 aliphatic carbocycles. The molecule has 1 aromatic carbocycles. The topological polar surface area (TPSA) is 12.0 Å². The van der Waals surface area contributed by atoms with Crippen LogP contribution in [0, 0.1) is 11.8 Å². The zero-order valence-corrected chi connectivity index (χ0v) is 12.2. The van der Waals surface area contributed by atoms with Crippen molar-refractivity contribution in [2.45, 2.75) is 45.1 Å². The molecule has 18 heavy (non-hydrogen) atoms. The zero-order valence-electron chi connectivity index (χ0n) is 11.5. The van der Waals surface area contributed by atoms with Crippen LogP contribution in [-0.2, 0) is 0 Å². The Labute approximate surface area is 116 Å². The number of halogens is 1. The molecular formula is C16H24ClN. The van der Waals surface area contributed by atoms with E-state index in [9.17, 15) is 0 Å². The third kappa shape index (κ3) is 3.27. The summed E-state index contributed by atoms with van der Waals surface area (Å²) in [7, 11) is 2.07. The van der Waals surface area contributed by atoms with Gasteiger partial charge in [-0.25, -0.2) is 0 Å². The highest BCUT2D eigenvalue weighted by Crippen LogP contribution is 2.38. The highest BCUT2D eigenvalue weighted by Gasteiger charge is 2.27. The molecule has 1 nitrogen and oxygen atoms in total. The van der Waals surface area contributed by atoms with Crippen LogP contribution in [0.5, 0.6) is 0 Å². The van der Waals surface area contributed by atoms with E-state index in [2.05, 4.69) is 37.5 Å². The molecule has 1 fully saturated rings. The first kappa shape index (κ1) is 13.9. The molecule has 0 aromatic heterocycles. The zero-order chi connectivity index (χ0) is 13.0. The van der Waals surface area contributed by atoms with E-state index < -0.39 is 0 Å². The molecule has 0 radical (unpaired) electrons. The lowest BCUT2D eigenvalue weighted by atomic mass is 9.76. The van der Waals surface area contributed by atoms with Crippen molar-refractivity contribution in [3.8, 4) is 0 Å². The van der Waals surface area contributed by atoms with Gasteiger partial charge in [-0.15, -0.1) is 0 Å². The number of rotatable bonds is 4. The normalized spacial score (nSPS) is 25.9. The van der Waals surface area contributed by atoms with Crippen molar-refractivity contribution >= 4 is 11.6 Å². The fraction of sp³-hybridized carbons (Fsp3) is 0.625. The van der Waals surface area contributed by atoms with Crippen LogP contribution in [-0.4, -0.2) is 7.05 Å². The van der Waals surface area contributed by atoms with Crippen LogP contribution in [0.15, 0.2) is 24.3 Å². The molecule has 0 saturated heterocycles. The number of hydrogen-bond acceptors (Lipinski definition) is 1. The van der Waals surface area contributed by atoms with Crippen LogP contribution in [0.3, 0.4) is 0 Å². The number of hydrogen-bond donors (Lipinski definition) is 1. The minimum absolute atomic E-state index is 0.460. The molecule has 2 heteroatoms. The lowest BCUT2D eigenvalue weighted by Crippen LogP contribution is -2.28. The van der Waals surface area contributed by atoms with Gasteiger partial charge in [-0.2, -0.15) is 0 Å². The summed E-state index contributed by atoms with van der Waals surface area (Å²) in [5, 5.41) is 4.33. The predicted molar refractivity (Wildman–Crippen MR) is 79.0 cm³/mol. The second-order valence-corrected chi connectivity index (χ2v) is 5.95. The summed E-state index contributed by atoms with van der Waals surface area (Å²) in [5.74, 6) is 1.72. The van der Waals surface area contributed by atoms with Gasteiger partial charge in [-0.1, -0.05) is 49.9 Å². The summed E-state index contributed by atoms with van der Waals surface area (Å²) in [6.07, 6.45) is 6.81. The Morgan fingerprint density at radius 2 is 2.00 bits per heavy atom. The smallest absolute Gasteiger partial charge is 0.0409 e. The molecule has 100 valence electrons. The first-order chi connectivity index (χ1) is 8.74. The van der Waals surface area contributed by atoms with Crippen molar-refractivity contribution in [1.29, 1.82) is 0 Å². The monoisotopic (exact) mass is 265 g/mol. The van der Waals surface area contributed by atoms with Crippen LogP contribution in [0.4, 0.5) is 0 Å².